The normalized spacial score (nSPS) is 25.4. The van der Waals surface area contributed by atoms with Gasteiger partial charge >= 0.3 is 5.97 Å². The van der Waals surface area contributed by atoms with Crippen LogP contribution in [-0.4, -0.2) is 43.2 Å². The lowest BCUT2D eigenvalue weighted by atomic mass is 9.92. The van der Waals surface area contributed by atoms with E-state index in [9.17, 15) is 14.7 Å². The van der Waals surface area contributed by atoms with Crippen LogP contribution < -0.4 is 0 Å². The van der Waals surface area contributed by atoms with Crippen molar-refractivity contribution >= 4 is 14.3 Å². The van der Waals surface area contributed by atoms with E-state index in [-0.39, 0.29) is 17.6 Å². The van der Waals surface area contributed by atoms with Crippen molar-refractivity contribution in [3.63, 3.8) is 0 Å². The molecular weight excluding hydrogens is 312 g/mol. The topological polar surface area (TPSA) is 76.0 Å². The maximum atomic E-state index is 12.2. The summed E-state index contributed by atoms with van der Waals surface area (Å²) in [6.45, 7) is 7.90. The fourth-order valence-corrected chi connectivity index (χ4v) is 3.33. The Bertz CT molecular complexity index is 538. The summed E-state index contributed by atoms with van der Waals surface area (Å²) >= 11 is 0. The first-order valence-electron chi connectivity index (χ1n) is 7.90. The fourth-order valence-electron chi connectivity index (χ4n) is 2.60. The van der Waals surface area contributed by atoms with Crippen molar-refractivity contribution in [3.8, 4) is 0 Å². The summed E-state index contributed by atoms with van der Waals surface area (Å²) in [6.07, 6.45) is -0.941. The minimum Gasteiger partial charge on any atom is -0.456 e. The Morgan fingerprint density at radius 3 is 2.52 bits per heavy atom. The Labute approximate surface area is 138 Å². The van der Waals surface area contributed by atoms with Gasteiger partial charge in [0.1, 0.15) is 6.10 Å². The highest BCUT2D eigenvalue weighted by Gasteiger charge is 2.47. The number of aliphatic hydroxyl groups excluding tert-OH is 1. The number of hydrogen-bond donors (Lipinski definition) is 2. The Hall–Kier alpha value is -1.21. The van der Waals surface area contributed by atoms with Crippen LogP contribution in [0, 0.1) is 5.92 Å². The summed E-state index contributed by atoms with van der Waals surface area (Å²) < 4.78 is 10.8. The minimum atomic E-state index is -2.42. The zero-order valence-corrected chi connectivity index (χ0v) is 15.2. The smallest absolute Gasteiger partial charge is 0.338 e. The summed E-state index contributed by atoms with van der Waals surface area (Å²) in [4.78, 5) is 22.7. The molecule has 1 unspecified atom stereocenters. The number of carbonyl (C=O) groups is 1. The molecule has 6 heteroatoms. The molecule has 1 aromatic rings. The van der Waals surface area contributed by atoms with Crippen molar-refractivity contribution in [2.24, 2.45) is 5.92 Å². The van der Waals surface area contributed by atoms with Crippen molar-refractivity contribution < 1.29 is 24.2 Å². The lowest BCUT2D eigenvalue weighted by Gasteiger charge is -2.38. The third-order valence-electron chi connectivity index (χ3n) is 4.95. The molecule has 0 aliphatic carbocycles. The van der Waals surface area contributed by atoms with Crippen LogP contribution in [0.15, 0.2) is 30.3 Å². The summed E-state index contributed by atoms with van der Waals surface area (Å²) in [5.41, 5.74) is 0.476. The summed E-state index contributed by atoms with van der Waals surface area (Å²) in [6, 6.07) is 8.77. The number of ether oxygens (including phenoxy) is 2. The van der Waals surface area contributed by atoms with E-state index < -0.39 is 26.7 Å². The molecule has 1 fully saturated rings. The van der Waals surface area contributed by atoms with Gasteiger partial charge in [-0.2, -0.15) is 0 Å². The monoisotopic (exact) mass is 338 g/mol. The zero-order valence-electron chi connectivity index (χ0n) is 14.2. The van der Waals surface area contributed by atoms with E-state index in [0.29, 0.717) is 12.0 Å². The van der Waals surface area contributed by atoms with Crippen molar-refractivity contribution in [3.05, 3.63) is 35.9 Å². The predicted octanol–water partition coefficient (Wildman–Crippen LogP) is 2.54. The van der Waals surface area contributed by atoms with Crippen molar-refractivity contribution in [2.75, 3.05) is 6.61 Å². The van der Waals surface area contributed by atoms with Gasteiger partial charge in [0, 0.05) is 5.92 Å². The molecule has 1 aliphatic rings. The standard InChI is InChI=1S/C17H26O5Si/c1-17(2,23(3,4)20)10-13-14(11-21-16(13)19)22-15(18)12-8-6-5-7-9-12/h5-9,13-14,16,19-20H,10-11H2,1-4H3/t13-,14+,16?/m1/s1. The van der Waals surface area contributed by atoms with E-state index in [2.05, 4.69) is 0 Å². The highest BCUT2D eigenvalue weighted by molar-refractivity contribution is 6.72. The lowest BCUT2D eigenvalue weighted by Crippen LogP contribution is -2.43. The molecule has 23 heavy (non-hydrogen) atoms. The number of carbonyl (C=O) groups excluding carboxylic acids is 1. The van der Waals surface area contributed by atoms with Crippen LogP contribution in [0.1, 0.15) is 30.6 Å². The summed E-state index contributed by atoms with van der Waals surface area (Å²) in [7, 11) is -2.42. The van der Waals surface area contributed by atoms with Gasteiger partial charge in [-0.05, 0) is 36.7 Å². The first kappa shape index (κ1) is 18.1. The largest absolute Gasteiger partial charge is 0.456 e. The highest BCUT2D eigenvalue weighted by atomic mass is 28.4. The van der Waals surface area contributed by atoms with E-state index in [1.807, 2.05) is 33.0 Å². The van der Waals surface area contributed by atoms with E-state index in [1.54, 1.807) is 24.3 Å². The van der Waals surface area contributed by atoms with Gasteiger partial charge in [0.2, 0.25) is 0 Å². The van der Waals surface area contributed by atoms with Crippen molar-refractivity contribution in [1.82, 2.24) is 0 Å². The lowest BCUT2D eigenvalue weighted by molar-refractivity contribution is -0.0858. The fraction of sp³-hybridized carbons (Fsp3) is 0.588. The highest BCUT2D eigenvalue weighted by Crippen LogP contribution is 2.44. The SMILES string of the molecule is CC(C)(C[C@H]1C(O)OC[C@@H]1OC(=O)c1ccccc1)[Si](C)(C)O. The molecule has 0 spiro atoms. The number of rotatable bonds is 5. The minimum absolute atomic E-state index is 0.175. The molecule has 0 radical (unpaired) electrons. The average Bonchev–Trinajstić information content (AvgIpc) is 2.79. The van der Waals surface area contributed by atoms with Crippen LogP contribution in [0.3, 0.4) is 0 Å². The number of aliphatic hydroxyl groups is 1. The second-order valence-corrected chi connectivity index (χ2v) is 11.8. The molecule has 1 heterocycles. The van der Waals surface area contributed by atoms with Crippen LogP contribution in [-0.2, 0) is 9.47 Å². The van der Waals surface area contributed by atoms with Gasteiger partial charge in [-0.3, -0.25) is 0 Å². The molecule has 128 valence electrons. The van der Waals surface area contributed by atoms with Gasteiger partial charge in [0.25, 0.3) is 0 Å². The van der Waals surface area contributed by atoms with Crippen LogP contribution in [0.2, 0.25) is 18.1 Å². The van der Waals surface area contributed by atoms with Crippen LogP contribution in [0.25, 0.3) is 0 Å². The number of esters is 1. The Balaban J connectivity index is 2.08. The molecule has 0 bridgehead atoms. The molecule has 0 amide bonds. The quantitative estimate of drug-likeness (QED) is 0.637. The summed E-state index contributed by atoms with van der Waals surface area (Å²) in [5, 5.41) is 9.76. The van der Waals surface area contributed by atoms with Crippen LogP contribution in [0.4, 0.5) is 0 Å². The zero-order chi connectivity index (χ0) is 17.3. The first-order chi connectivity index (χ1) is 10.6. The van der Waals surface area contributed by atoms with E-state index in [4.69, 9.17) is 9.47 Å². The third kappa shape index (κ3) is 4.20. The molecule has 5 nitrogen and oxygen atoms in total. The Morgan fingerprint density at radius 1 is 1.35 bits per heavy atom. The maximum absolute atomic E-state index is 12.2. The van der Waals surface area contributed by atoms with E-state index >= 15 is 0 Å². The first-order valence-corrected chi connectivity index (χ1v) is 10.8. The molecule has 1 aromatic carbocycles. The van der Waals surface area contributed by atoms with Gasteiger partial charge in [0.05, 0.1) is 12.2 Å². The molecule has 2 N–H and O–H groups in total. The maximum Gasteiger partial charge on any atom is 0.338 e. The van der Waals surface area contributed by atoms with Crippen molar-refractivity contribution in [2.45, 2.75) is 50.8 Å². The molecule has 1 saturated heterocycles. The van der Waals surface area contributed by atoms with Crippen LogP contribution in [0.5, 0.6) is 0 Å². The molecular formula is C17H26O5Si. The van der Waals surface area contributed by atoms with E-state index in [1.165, 1.54) is 0 Å². The Kier molecular flexibility index (Phi) is 5.30. The molecule has 2 rings (SSSR count). The molecule has 0 aromatic heterocycles. The van der Waals surface area contributed by atoms with Crippen molar-refractivity contribution in [1.29, 1.82) is 0 Å². The number of hydrogen-bond acceptors (Lipinski definition) is 5. The second-order valence-electron chi connectivity index (χ2n) is 7.34. The molecule has 3 atom stereocenters. The number of benzene rings is 1. The van der Waals surface area contributed by atoms with Gasteiger partial charge < -0.3 is 19.4 Å². The average molecular weight is 338 g/mol. The van der Waals surface area contributed by atoms with E-state index in [0.717, 1.165) is 0 Å². The molecule has 0 saturated carbocycles. The van der Waals surface area contributed by atoms with Gasteiger partial charge in [-0.15, -0.1) is 0 Å². The van der Waals surface area contributed by atoms with Crippen LogP contribution >= 0.6 is 0 Å². The molecule has 1 aliphatic heterocycles. The summed E-state index contributed by atoms with van der Waals surface area (Å²) in [5.74, 6) is -0.756. The third-order valence-corrected chi connectivity index (χ3v) is 8.46. The Morgan fingerprint density at radius 2 is 1.96 bits per heavy atom. The predicted molar refractivity (Wildman–Crippen MR) is 89.5 cm³/mol. The van der Waals surface area contributed by atoms with Gasteiger partial charge in [-0.1, -0.05) is 32.0 Å². The van der Waals surface area contributed by atoms with Gasteiger partial charge in [0.15, 0.2) is 14.6 Å². The second kappa shape index (κ2) is 6.73. The van der Waals surface area contributed by atoms with Gasteiger partial charge in [-0.25, -0.2) is 4.79 Å².